The summed E-state index contributed by atoms with van der Waals surface area (Å²) in [7, 11) is -3.46. The SMILES string of the molecule is C=CCS(=O)(=O)C(C)C(=O)NC(C)(C)CC(C)(C)C. The lowest BCUT2D eigenvalue weighted by molar-refractivity contribution is -0.122. The highest BCUT2D eigenvalue weighted by Crippen LogP contribution is 2.27. The Morgan fingerprint density at radius 3 is 2.11 bits per heavy atom. The Bertz CT molecular complexity index is 430. The lowest BCUT2D eigenvalue weighted by atomic mass is 9.82. The van der Waals surface area contributed by atoms with Crippen LogP contribution in [0.2, 0.25) is 0 Å². The Morgan fingerprint density at radius 1 is 1.26 bits per heavy atom. The van der Waals surface area contributed by atoms with E-state index < -0.39 is 26.5 Å². The third-order valence-corrected chi connectivity index (χ3v) is 4.68. The molecular formula is C14H27NO3S. The lowest BCUT2D eigenvalue weighted by Gasteiger charge is -2.34. The highest BCUT2D eigenvalue weighted by molar-refractivity contribution is 7.92. The van der Waals surface area contributed by atoms with Crippen molar-refractivity contribution in [3.8, 4) is 0 Å². The standard InChI is InChI=1S/C14H27NO3S/c1-8-9-19(17,18)11(2)12(16)15-14(6,7)10-13(3,4)5/h8,11H,1,9-10H2,2-7H3,(H,15,16). The van der Waals surface area contributed by atoms with Crippen LogP contribution in [0, 0.1) is 5.41 Å². The molecule has 1 N–H and O–H groups in total. The van der Waals surface area contributed by atoms with Gasteiger partial charge >= 0.3 is 0 Å². The number of amides is 1. The smallest absolute Gasteiger partial charge is 0.238 e. The van der Waals surface area contributed by atoms with Crippen molar-refractivity contribution in [1.82, 2.24) is 5.32 Å². The molecule has 1 amide bonds. The van der Waals surface area contributed by atoms with E-state index in [-0.39, 0.29) is 11.2 Å². The molecule has 0 aliphatic heterocycles. The van der Waals surface area contributed by atoms with Crippen molar-refractivity contribution in [2.45, 2.75) is 58.8 Å². The van der Waals surface area contributed by atoms with Crippen molar-refractivity contribution in [1.29, 1.82) is 0 Å². The Hall–Kier alpha value is -0.840. The fraction of sp³-hybridized carbons (Fsp3) is 0.786. The van der Waals surface area contributed by atoms with Gasteiger partial charge in [0.1, 0.15) is 5.25 Å². The molecule has 0 spiro atoms. The molecule has 0 bridgehead atoms. The molecule has 0 aromatic carbocycles. The molecule has 0 aliphatic carbocycles. The van der Waals surface area contributed by atoms with Crippen molar-refractivity contribution in [3.05, 3.63) is 12.7 Å². The molecule has 4 nitrogen and oxygen atoms in total. The minimum atomic E-state index is -3.46. The van der Waals surface area contributed by atoms with Gasteiger partial charge in [0.15, 0.2) is 9.84 Å². The Labute approximate surface area is 117 Å². The molecular weight excluding hydrogens is 262 g/mol. The van der Waals surface area contributed by atoms with Gasteiger partial charge in [-0.1, -0.05) is 26.8 Å². The topological polar surface area (TPSA) is 63.2 Å². The second-order valence-corrected chi connectivity index (χ2v) is 9.24. The predicted octanol–water partition coefficient (Wildman–Crippen LogP) is 2.31. The van der Waals surface area contributed by atoms with E-state index in [4.69, 9.17) is 0 Å². The third-order valence-electron chi connectivity index (χ3n) is 2.69. The van der Waals surface area contributed by atoms with Crippen LogP contribution in [0.1, 0.15) is 48.0 Å². The van der Waals surface area contributed by atoms with Crippen LogP contribution in [0.4, 0.5) is 0 Å². The first-order valence-electron chi connectivity index (χ1n) is 6.45. The minimum absolute atomic E-state index is 0.0556. The number of carbonyl (C=O) groups excluding carboxylic acids is 1. The van der Waals surface area contributed by atoms with Crippen molar-refractivity contribution in [3.63, 3.8) is 0 Å². The average Bonchev–Trinajstić information content (AvgIpc) is 2.11. The zero-order chi connectivity index (χ0) is 15.5. The van der Waals surface area contributed by atoms with Gasteiger partial charge in [-0.05, 0) is 32.6 Å². The first kappa shape index (κ1) is 18.2. The summed E-state index contributed by atoms with van der Waals surface area (Å²) in [5.41, 5.74) is -0.382. The molecule has 0 rings (SSSR count). The normalized spacial score (nSPS) is 14.8. The molecule has 0 saturated carbocycles. The fourth-order valence-corrected chi connectivity index (χ4v) is 3.28. The Balaban J connectivity index is 4.83. The molecule has 19 heavy (non-hydrogen) atoms. The maximum atomic E-state index is 12.0. The molecule has 5 heteroatoms. The second-order valence-electron chi connectivity index (χ2n) is 6.87. The molecule has 0 aromatic rings. The molecule has 1 unspecified atom stereocenters. The summed E-state index contributed by atoms with van der Waals surface area (Å²) in [6.45, 7) is 14.9. The van der Waals surface area contributed by atoms with E-state index in [1.165, 1.54) is 13.0 Å². The van der Waals surface area contributed by atoms with Crippen LogP contribution in [0.25, 0.3) is 0 Å². The highest BCUT2D eigenvalue weighted by atomic mass is 32.2. The van der Waals surface area contributed by atoms with Crippen LogP contribution in [-0.2, 0) is 14.6 Å². The maximum Gasteiger partial charge on any atom is 0.238 e. The van der Waals surface area contributed by atoms with E-state index in [2.05, 4.69) is 32.7 Å². The summed E-state index contributed by atoms with van der Waals surface area (Å²) < 4.78 is 23.6. The van der Waals surface area contributed by atoms with Gasteiger partial charge < -0.3 is 5.32 Å². The van der Waals surface area contributed by atoms with Gasteiger partial charge in [0, 0.05) is 5.54 Å². The van der Waals surface area contributed by atoms with Gasteiger partial charge in [-0.25, -0.2) is 8.42 Å². The maximum absolute atomic E-state index is 12.0. The average molecular weight is 289 g/mol. The number of nitrogens with one attached hydrogen (secondary N) is 1. The van der Waals surface area contributed by atoms with Crippen LogP contribution in [-0.4, -0.2) is 30.9 Å². The molecule has 0 aromatic heterocycles. The number of carbonyl (C=O) groups is 1. The van der Waals surface area contributed by atoms with Gasteiger partial charge in [0.2, 0.25) is 5.91 Å². The molecule has 0 aliphatic rings. The van der Waals surface area contributed by atoms with Crippen LogP contribution in [0.5, 0.6) is 0 Å². The number of sulfone groups is 1. The van der Waals surface area contributed by atoms with Crippen LogP contribution >= 0.6 is 0 Å². The summed E-state index contributed by atoms with van der Waals surface area (Å²) in [5, 5.41) is 1.77. The van der Waals surface area contributed by atoms with Gasteiger partial charge in [0.25, 0.3) is 0 Å². The highest BCUT2D eigenvalue weighted by Gasteiger charge is 2.32. The summed E-state index contributed by atoms with van der Waals surface area (Å²) in [4.78, 5) is 12.0. The van der Waals surface area contributed by atoms with Crippen LogP contribution in [0.3, 0.4) is 0 Å². The van der Waals surface area contributed by atoms with Gasteiger partial charge in [0.05, 0.1) is 5.75 Å². The van der Waals surface area contributed by atoms with E-state index >= 15 is 0 Å². The quantitative estimate of drug-likeness (QED) is 0.763. The molecule has 0 fully saturated rings. The minimum Gasteiger partial charge on any atom is -0.350 e. The van der Waals surface area contributed by atoms with Crippen molar-refractivity contribution < 1.29 is 13.2 Å². The zero-order valence-corrected chi connectivity index (χ0v) is 13.7. The largest absolute Gasteiger partial charge is 0.350 e. The number of hydrogen-bond donors (Lipinski definition) is 1. The van der Waals surface area contributed by atoms with Crippen LogP contribution in [0.15, 0.2) is 12.7 Å². The Kier molecular flexibility index (Phi) is 5.81. The molecule has 1 atom stereocenters. The van der Waals surface area contributed by atoms with Gasteiger partial charge in [-0.3, -0.25) is 4.79 Å². The van der Waals surface area contributed by atoms with E-state index in [0.29, 0.717) is 0 Å². The van der Waals surface area contributed by atoms with Crippen molar-refractivity contribution in [2.75, 3.05) is 5.75 Å². The monoisotopic (exact) mass is 289 g/mol. The molecule has 0 radical (unpaired) electrons. The summed E-state index contributed by atoms with van der Waals surface area (Å²) >= 11 is 0. The van der Waals surface area contributed by atoms with E-state index in [0.717, 1.165) is 6.42 Å². The predicted molar refractivity (Wildman–Crippen MR) is 79.7 cm³/mol. The molecule has 0 heterocycles. The van der Waals surface area contributed by atoms with Crippen molar-refractivity contribution >= 4 is 15.7 Å². The summed E-state index contributed by atoms with van der Waals surface area (Å²) in [6.07, 6.45) is 2.07. The van der Waals surface area contributed by atoms with E-state index in [1.807, 2.05) is 13.8 Å². The van der Waals surface area contributed by atoms with Gasteiger partial charge in [-0.15, -0.1) is 6.58 Å². The second kappa shape index (κ2) is 6.07. The lowest BCUT2D eigenvalue weighted by Crippen LogP contribution is -2.50. The van der Waals surface area contributed by atoms with Crippen LogP contribution < -0.4 is 5.32 Å². The summed E-state index contributed by atoms with van der Waals surface area (Å²) in [6, 6.07) is 0. The first-order chi connectivity index (χ1) is 8.31. The number of rotatable bonds is 6. The number of hydrogen-bond acceptors (Lipinski definition) is 3. The zero-order valence-electron chi connectivity index (χ0n) is 12.9. The van der Waals surface area contributed by atoms with E-state index in [9.17, 15) is 13.2 Å². The molecule has 0 saturated heterocycles. The van der Waals surface area contributed by atoms with Crippen molar-refractivity contribution in [2.24, 2.45) is 5.41 Å². The fourth-order valence-electron chi connectivity index (χ4n) is 2.28. The third kappa shape index (κ3) is 6.76. The first-order valence-corrected chi connectivity index (χ1v) is 8.17. The van der Waals surface area contributed by atoms with E-state index in [1.54, 1.807) is 0 Å². The Morgan fingerprint density at radius 2 is 1.74 bits per heavy atom. The van der Waals surface area contributed by atoms with Gasteiger partial charge in [-0.2, -0.15) is 0 Å². The summed E-state index contributed by atoms with van der Waals surface area (Å²) in [5.74, 6) is -0.627. The molecule has 112 valence electrons.